The monoisotopic (exact) mass is 340 g/mol. The van der Waals surface area contributed by atoms with Gasteiger partial charge in [-0.3, -0.25) is 0 Å². The van der Waals surface area contributed by atoms with E-state index in [4.69, 9.17) is 4.42 Å². The fourth-order valence-electron chi connectivity index (χ4n) is 1.80. The Bertz CT molecular complexity index is 701. The number of benzene rings is 2. The summed E-state index contributed by atoms with van der Waals surface area (Å²) in [6.45, 7) is 0. The highest BCUT2D eigenvalue weighted by Crippen LogP contribution is 2.37. The van der Waals surface area contributed by atoms with Crippen molar-refractivity contribution in [3.63, 3.8) is 0 Å². The molecule has 1 heterocycles. The minimum atomic E-state index is 0.227. The molecule has 4 heteroatoms. The van der Waals surface area contributed by atoms with Crippen LogP contribution >= 0.6 is 31.9 Å². The first-order valence-electron chi connectivity index (χ1n) is 4.65. The van der Waals surface area contributed by atoms with Crippen molar-refractivity contribution in [3.8, 4) is 5.75 Å². The minimum Gasteiger partial charge on any atom is -0.508 e. The van der Waals surface area contributed by atoms with Gasteiger partial charge in [0.25, 0.3) is 0 Å². The van der Waals surface area contributed by atoms with Gasteiger partial charge < -0.3 is 9.52 Å². The summed E-state index contributed by atoms with van der Waals surface area (Å²) in [4.78, 5) is 0. The third-order valence-electron chi connectivity index (χ3n) is 2.47. The SMILES string of the molecule is Oc1cc(Br)c2oc3cc(Br)ccc3c2c1. The topological polar surface area (TPSA) is 33.4 Å². The summed E-state index contributed by atoms with van der Waals surface area (Å²) in [7, 11) is 0. The molecule has 80 valence electrons. The summed E-state index contributed by atoms with van der Waals surface area (Å²) in [5, 5.41) is 11.5. The lowest BCUT2D eigenvalue weighted by Gasteiger charge is -1.94. The van der Waals surface area contributed by atoms with E-state index in [1.165, 1.54) is 0 Å². The van der Waals surface area contributed by atoms with Gasteiger partial charge in [0.2, 0.25) is 0 Å². The van der Waals surface area contributed by atoms with Gasteiger partial charge in [0.15, 0.2) is 0 Å². The molecule has 0 aliphatic rings. The zero-order valence-electron chi connectivity index (χ0n) is 8.00. The van der Waals surface area contributed by atoms with Crippen LogP contribution in [0.2, 0.25) is 0 Å². The van der Waals surface area contributed by atoms with E-state index in [9.17, 15) is 5.11 Å². The predicted octanol–water partition coefficient (Wildman–Crippen LogP) is 4.82. The number of phenols is 1. The number of phenolic OH excluding ortho intramolecular Hbond substituents is 1. The summed E-state index contributed by atoms with van der Waals surface area (Å²) < 4.78 is 7.46. The molecule has 2 aromatic carbocycles. The standard InChI is InChI=1S/C12H6Br2O2/c13-6-1-2-8-9-4-7(15)5-10(14)12(9)16-11(8)3-6/h1-5,15H. The first-order chi connectivity index (χ1) is 7.65. The molecule has 16 heavy (non-hydrogen) atoms. The van der Waals surface area contributed by atoms with Gasteiger partial charge in [-0.1, -0.05) is 15.9 Å². The van der Waals surface area contributed by atoms with Crippen LogP contribution < -0.4 is 0 Å². The van der Waals surface area contributed by atoms with E-state index in [1.54, 1.807) is 12.1 Å². The summed E-state index contributed by atoms with van der Waals surface area (Å²) in [5.74, 6) is 0.227. The van der Waals surface area contributed by atoms with Gasteiger partial charge in [0, 0.05) is 15.2 Å². The number of hydrogen-bond acceptors (Lipinski definition) is 2. The number of fused-ring (bicyclic) bond motifs is 3. The maximum atomic E-state index is 9.56. The second-order valence-electron chi connectivity index (χ2n) is 3.55. The first-order valence-corrected chi connectivity index (χ1v) is 6.24. The molecule has 0 aliphatic heterocycles. The Labute approximate surface area is 108 Å². The summed E-state index contributed by atoms with van der Waals surface area (Å²) in [6.07, 6.45) is 0. The Morgan fingerprint density at radius 3 is 2.62 bits per heavy atom. The molecule has 3 rings (SSSR count). The summed E-state index contributed by atoms with van der Waals surface area (Å²) in [5.41, 5.74) is 1.56. The number of aromatic hydroxyl groups is 1. The van der Waals surface area contributed by atoms with E-state index >= 15 is 0 Å². The second-order valence-corrected chi connectivity index (χ2v) is 5.32. The Morgan fingerprint density at radius 1 is 1.00 bits per heavy atom. The molecule has 1 aromatic heterocycles. The van der Waals surface area contributed by atoms with Crippen molar-refractivity contribution < 1.29 is 9.52 Å². The van der Waals surface area contributed by atoms with Gasteiger partial charge in [-0.25, -0.2) is 0 Å². The molecular formula is C12H6Br2O2. The quantitative estimate of drug-likeness (QED) is 0.636. The molecule has 0 spiro atoms. The number of furan rings is 1. The highest BCUT2D eigenvalue weighted by molar-refractivity contribution is 9.11. The molecule has 0 saturated carbocycles. The maximum Gasteiger partial charge on any atom is 0.149 e. The van der Waals surface area contributed by atoms with Crippen molar-refractivity contribution in [2.75, 3.05) is 0 Å². The van der Waals surface area contributed by atoms with Gasteiger partial charge in [-0.05, 0) is 46.3 Å². The maximum absolute atomic E-state index is 9.56. The van der Waals surface area contributed by atoms with E-state index in [1.807, 2.05) is 18.2 Å². The summed E-state index contributed by atoms with van der Waals surface area (Å²) in [6, 6.07) is 9.17. The van der Waals surface area contributed by atoms with Crippen LogP contribution in [0.3, 0.4) is 0 Å². The highest BCUT2D eigenvalue weighted by Gasteiger charge is 2.11. The Kier molecular flexibility index (Phi) is 2.23. The Hall–Kier alpha value is -1.00. The molecule has 0 bridgehead atoms. The van der Waals surface area contributed by atoms with Crippen molar-refractivity contribution in [2.24, 2.45) is 0 Å². The van der Waals surface area contributed by atoms with E-state index in [0.29, 0.717) is 0 Å². The molecule has 0 amide bonds. The van der Waals surface area contributed by atoms with E-state index in [-0.39, 0.29) is 5.75 Å². The van der Waals surface area contributed by atoms with Crippen molar-refractivity contribution in [2.45, 2.75) is 0 Å². The van der Waals surface area contributed by atoms with Crippen LogP contribution in [0.5, 0.6) is 5.75 Å². The molecule has 3 aromatic rings. The van der Waals surface area contributed by atoms with Gasteiger partial charge >= 0.3 is 0 Å². The first kappa shape index (κ1) is 10.2. The van der Waals surface area contributed by atoms with Gasteiger partial charge in [0.1, 0.15) is 16.9 Å². The lowest BCUT2D eigenvalue weighted by atomic mass is 10.1. The van der Waals surface area contributed by atoms with E-state index in [0.717, 1.165) is 30.9 Å². The van der Waals surface area contributed by atoms with Crippen LogP contribution in [0.4, 0.5) is 0 Å². The van der Waals surface area contributed by atoms with Crippen molar-refractivity contribution in [1.82, 2.24) is 0 Å². The van der Waals surface area contributed by atoms with E-state index < -0.39 is 0 Å². The molecule has 0 aliphatic carbocycles. The highest BCUT2D eigenvalue weighted by atomic mass is 79.9. The molecule has 0 unspecified atom stereocenters. The van der Waals surface area contributed by atoms with Gasteiger partial charge in [-0.15, -0.1) is 0 Å². The van der Waals surface area contributed by atoms with Crippen molar-refractivity contribution in [3.05, 3.63) is 39.3 Å². The zero-order chi connectivity index (χ0) is 11.3. The smallest absolute Gasteiger partial charge is 0.149 e. The third-order valence-corrected chi connectivity index (χ3v) is 3.56. The molecule has 2 nitrogen and oxygen atoms in total. The molecular weight excluding hydrogens is 336 g/mol. The Morgan fingerprint density at radius 2 is 1.81 bits per heavy atom. The number of hydrogen-bond donors (Lipinski definition) is 1. The normalized spacial score (nSPS) is 11.4. The van der Waals surface area contributed by atoms with Gasteiger partial charge in [-0.2, -0.15) is 0 Å². The van der Waals surface area contributed by atoms with Crippen LogP contribution in [-0.4, -0.2) is 5.11 Å². The third kappa shape index (κ3) is 1.44. The van der Waals surface area contributed by atoms with Gasteiger partial charge in [0.05, 0.1) is 4.47 Å². The van der Waals surface area contributed by atoms with Crippen LogP contribution in [-0.2, 0) is 0 Å². The van der Waals surface area contributed by atoms with Crippen molar-refractivity contribution in [1.29, 1.82) is 0 Å². The second kappa shape index (κ2) is 3.50. The van der Waals surface area contributed by atoms with E-state index in [2.05, 4.69) is 31.9 Å². The fraction of sp³-hybridized carbons (Fsp3) is 0. The molecule has 0 radical (unpaired) electrons. The molecule has 0 saturated heterocycles. The lowest BCUT2D eigenvalue weighted by molar-refractivity contribution is 0.475. The predicted molar refractivity (Wildman–Crippen MR) is 70.8 cm³/mol. The number of rotatable bonds is 0. The molecule has 0 fully saturated rings. The summed E-state index contributed by atoms with van der Waals surface area (Å²) >= 11 is 6.78. The average Bonchev–Trinajstić information content (AvgIpc) is 2.56. The average molecular weight is 342 g/mol. The van der Waals surface area contributed by atoms with Crippen LogP contribution in [0.1, 0.15) is 0 Å². The Balaban J connectivity index is 2.55. The largest absolute Gasteiger partial charge is 0.508 e. The van der Waals surface area contributed by atoms with Crippen LogP contribution in [0.15, 0.2) is 43.7 Å². The fourth-order valence-corrected chi connectivity index (χ4v) is 2.67. The lowest BCUT2D eigenvalue weighted by Crippen LogP contribution is -1.69. The van der Waals surface area contributed by atoms with Crippen molar-refractivity contribution >= 4 is 53.8 Å². The minimum absolute atomic E-state index is 0.227. The number of halogens is 2. The van der Waals surface area contributed by atoms with Crippen LogP contribution in [0.25, 0.3) is 21.9 Å². The molecule has 0 atom stereocenters. The molecule has 1 N–H and O–H groups in total. The zero-order valence-corrected chi connectivity index (χ0v) is 11.2. The van der Waals surface area contributed by atoms with Crippen LogP contribution in [0, 0.1) is 0 Å².